The topological polar surface area (TPSA) is 80.9 Å². The first-order chi connectivity index (χ1) is 19.1. The smallest absolute Gasteiger partial charge is 0.239 e. The molecule has 1 saturated heterocycles. The molecule has 1 aromatic heterocycles. The van der Waals surface area contributed by atoms with Crippen LogP contribution in [-0.2, 0) is 17.6 Å². The van der Waals surface area contributed by atoms with Gasteiger partial charge < -0.3 is 10.1 Å². The number of carbonyl (C=O) groups excluding carboxylic acids is 1. The lowest BCUT2D eigenvalue weighted by Gasteiger charge is -2.06. The molecule has 1 aliphatic rings. The van der Waals surface area contributed by atoms with E-state index in [1.165, 1.54) is 30.2 Å². The summed E-state index contributed by atoms with van der Waals surface area (Å²) < 4.78 is 7.12. The van der Waals surface area contributed by atoms with Crippen LogP contribution in [0.15, 0.2) is 95.3 Å². The number of ether oxygens (including phenoxy) is 1. The maximum absolute atomic E-state index is 12.6. The maximum atomic E-state index is 12.6. The van der Waals surface area contributed by atoms with Crippen molar-refractivity contribution in [2.24, 2.45) is 10.2 Å². The SMILES string of the molecule is CCCCc1ccc(CC2S/C(=N/N=C/c3cn(-c4ccccc4)nc3-c3ccc(OC)cc3)NC2=O)cc1. The number of aromatic nitrogens is 2. The Morgan fingerprint density at radius 2 is 1.77 bits per heavy atom. The molecule has 0 aliphatic carbocycles. The predicted octanol–water partition coefficient (Wildman–Crippen LogP) is 6.05. The molecule has 0 saturated carbocycles. The molecule has 39 heavy (non-hydrogen) atoms. The van der Waals surface area contributed by atoms with Crippen LogP contribution in [-0.4, -0.2) is 39.4 Å². The average Bonchev–Trinajstić information content (AvgIpc) is 3.56. The Kier molecular flexibility index (Phi) is 8.53. The van der Waals surface area contributed by atoms with E-state index >= 15 is 0 Å². The van der Waals surface area contributed by atoms with Crippen molar-refractivity contribution in [3.05, 3.63) is 102 Å². The largest absolute Gasteiger partial charge is 0.497 e. The highest BCUT2D eigenvalue weighted by molar-refractivity contribution is 8.15. The van der Waals surface area contributed by atoms with Crippen LogP contribution in [0, 0.1) is 0 Å². The normalized spacial score (nSPS) is 16.2. The number of nitrogens with zero attached hydrogens (tertiary/aromatic N) is 4. The van der Waals surface area contributed by atoms with Crippen molar-refractivity contribution in [1.29, 1.82) is 0 Å². The number of hydrogen-bond acceptors (Lipinski definition) is 6. The molecule has 1 fully saturated rings. The third-order valence-electron chi connectivity index (χ3n) is 6.51. The zero-order valence-corrected chi connectivity index (χ0v) is 22.9. The van der Waals surface area contributed by atoms with Gasteiger partial charge in [0.1, 0.15) is 11.4 Å². The molecule has 1 aliphatic heterocycles. The summed E-state index contributed by atoms with van der Waals surface area (Å²) in [5, 5.41) is 16.6. The summed E-state index contributed by atoms with van der Waals surface area (Å²) in [4.78, 5) is 12.6. The summed E-state index contributed by atoms with van der Waals surface area (Å²) in [6.45, 7) is 2.20. The number of hydrogen-bond donors (Lipinski definition) is 1. The first kappa shape index (κ1) is 26.4. The molecule has 1 unspecified atom stereocenters. The monoisotopic (exact) mass is 537 g/mol. The summed E-state index contributed by atoms with van der Waals surface area (Å²) in [7, 11) is 1.64. The number of unbranched alkanes of at least 4 members (excludes halogenated alkanes) is 1. The summed E-state index contributed by atoms with van der Waals surface area (Å²) in [5.41, 5.74) is 5.94. The van der Waals surface area contributed by atoms with E-state index in [0.29, 0.717) is 11.6 Å². The molecule has 0 spiro atoms. The van der Waals surface area contributed by atoms with Crippen LogP contribution >= 0.6 is 11.8 Å². The van der Waals surface area contributed by atoms with E-state index in [9.17, 15) is 4.79 Å². The molecule has 0 radical (unpaired) electrons. The summed E-state index contributed by atoms with van der Waals surface area (Å²) in [5.74, 6) is 0.735. The van der Waals surface area contributed by atoms with Gasteiger partial charge in [-0.05, 0) is 66.8 Å². The zero-order valence-electron chi connectivity index (χ0n) is 22.1. The minimum atomic E-state index is -0.226. The van der Waals surface area contributed by atoms with Crippen molar-refractivity contribution >= 4 is 29.1 Å². The van der Waals surface area contributed by atoms with E-state index in [0.717, 1.165) is 40.2 Å². The Morgan fingerprint density at radius 1 is 1.03 bits per heavy atom. The average molecular weight is 538 g/mol. The third-order valence-corrected chi connectivity index (χ3v) is 7.58. The van der Waals surface area contributed by atoms with Gasteiger partial charge in [-0.25, -0.2) is 4.68 Å². The van der Waals surface area contributed by atoms with Gasteiger partial charge in [-0.15, -0.1) is 5.10 Å². The lowest BCUT2D eigenvalue weighted by atomic mass is 10.0. The van der Waals surface area contributed by atoms with Crippen molar-refractivity contribution < 1.29 is 9.53 Å². The number of nitrogens with one attached hydrogen (secondary N) is 1. The molecule has 2 heterocycles. The predicted molar refractivity (Wildman–Crippen MR) is 159 cm³/mol. The molecule has 5 rings (SSSR count). The van der Waals surface area contributed by atoms with E-state index in [4.69, 9.17) is 9.84 Å². The number of carbonyl (C=O) groups is 1. The van der Waals surface area contributed by atoms with Crippen molar-refractivity contribution in [2.75, 3.05) is 7.11 Å². The molecule has 4 aromatic rings. The molecule has 198 valence electrons. The number of para-hydroxylation sites is 1. The quantitative estimate of drug-likeness (QED) is 0.197. The molecule has 7 nitrogen and oxygen atoms in total. The Labute approximate surface area is 233 Å². The number of thioether (sulfide) groups is 1. The van der Waals surface area contributed by atoms with Crippen molar-refractivity contribution in [1.82, 2.24) is 15.1 Å². The van der Waals surface area contributed by atoms with E-state index in [2.05, 4.69) is 46.7 Å². The van der Waals surface area contributed by atoms with Crippen LogP contribution in [0.3, 0.4) is 0 Å². The molecular weight excluding hydrogens is 506 g/mol. The number of amidine groups is 1. The van der Waals surface area contributed by atoms with Gasteiger partial charge in [0, 0.05) is 17.3 Å². The van der Waals surface area contributed by atoms with E-state index in [1.807, 2.05) is 65.5 Å². The van der Waals surface area contributed by atoms with E-state index in [1.54, 1.807) is 13.3 Å². The van der Waals surface area contributed by atoms with Crippen molar-refractivity contribution in [2.45, 2.75) is 37.9 Å². The first-order valence-electron chi connectivity index (χ1n) is 13.1. The maximum Gasteiger partial charge on any atom is 0.239 e. The fraction of sp³-hybridized carbons (Fsp3) is 0.226. The van der Waals surface area contributed by atoms with Gasteiger partial charge in [0.05, 0.1) is 24.3 Å². The lowest BCUT2D eigenvalue weighted by Crippen LogP contribution is -2.25. The van der Waals surface area contributed by atoms with Crippen LogP contribution in [0.1, 0.15) is 36.5 Å². The van der Waals surface area contributed by atoms with Gasteiger partial charge in [-0.2, -0.15) is 10.2 Å². The molecule has 8 heteroatoms. The zero-order chi connectivity index (χ0) is 27.0. The molecule has 1 atom stereocenters. The fourth-order valence-corrected chi connectivity index (χ4v) is 5.30. The number of rotatable bonds is 10. The van der Waals surface area contributed by atoms with Gasteiger partial charge in [0.15, 0.2) is 5.17 Å². The Morgan fingerprint density at radius 3 is 2.49 bits per heavy atom. The summed E-state index contributed by atoms with van der Waals surface area (Å²) >= 11 is 1.41. The van der Waals surface area contributed by atoms with Crippen molar-refractivity contribution in [3.63, 3.8) is 0 Å². The number of aryl methyl sites for hydroxylation is 1. The number of benzene rings is 3. The Balaban J connectivity index is 1.31. The van der Waals surface area contributed by atoms with Gasteiger partial charge in [-0.1, -0.05) is 67.6 Å². The van der Waals surface area contributed by atoms with Crippen LogP contribution in [0.2, 0.25) is 0 Å². The van der Waals surface area contributed by atoms with E-state index < -0.39 is 0 Å². The minimum Gasteiger partial charge on any atom is -0.497 e. The minimum absolute atomic E-state index is 0.0418. The highest BCUT2D eigenvalue weighted by atomic mass is 32.2. The Hall–Kier alpha value is -4.17. The second kappa shape index (κ2) is 12.6. The molecule has 0 bridgehead atoms. The highest BCUT2D eigenvalue weighted by Gasteiger charge is 2.30. The molecule has 1 amide bonds. The second-order valence-electron chi connectivity index (χ2n) is 9.31. The van der Waals surface area contributed by atoms with Gasteiger partial charge in [0.2, 0.25) is 5.91 Å². The second-order valence-corrected chi connectivity index (χ2v) is 10.5. The summed E-state index contributed by atoms with van der Waals surface area (Å²) in [6, 6.07) is 26.2. The Bertz CT molecular complexity index is 1460. The van der Waals surface area contributed by atoms with Crippen LogP contribution < -0.4 is 10.1 Å². The number of methoxy groups -OCH3 is 1. The first-order valence-corrected chi connectivity index (χ1v) is 14.0. The van der Waals surface area contributed by atoms with Crippen molar-refractivity contribution in [3.8, 4) is 22.7 Å². The third kappa shape index (κ3) is 6.64. The van der Waals surface area contributed by atoms with Crippen LogP contribution in [0.4, 0.5) is 0 Å². The van der Waals surface area contributed by atoms with Gasteiger partial charge in [0.25, 0.3) is 0 Å². The number of amides is 1. The van der Waals surface area contributed by atoms with Crippen LogP contribution in [0.25, 0.3) is 16.9 Å². The highest BCUT2D eigenvalue weighted by Crippen LogP contribution is 2.26. The molecular formula is C31H31N5O2S. The standard InChI is InChI=1S/C31H31N5O2S/c1-3-4-8-22-11-13-23(14-12-22)19-28-30(37)33-31(39-28)34-32-20-25-21-36(26-9-6-5-7-10-26)35-29(25)24-15-17-27(38-2)18-16-24/h5-7,9-18,20-21,28H,3-4,8,19H2,1-2H3,(H,33,34,37)/b32-20+. The molecule has 1 N–H and O–H groups in total. The van der Waals surface area contributed by atoms with Gasteiger partial charge >= 0.3 is 0 Å². The fourth-order valence-electron chi connectivity index (χ4n) is 4.34. The lowest BCUT2D eigenvalue weighted by molar-refractivity contribution is -0.118. The van der Waals surface area contributed by atoms with Gasteiger partial charge in [-0.3, -0.25) is 4.79 Å². The summed E-state index contributed by atoms with van der Waals surface area (Å²) in [6.07, 6.45) is 7.71. The van der Waals surface area contributed by atoms with Crippen LogP contribution in [0.5, 0.6) is 5.75 Å². The molecule has 3 aromatic carbocycles. The van der Waals surface area contributed by atoms with E-state index in [-0.39, 0.29) is 11.2 Å².